The number of nitrogens with one attached hydrogen (secondary N) is 3. The van der Waals surface area contributed by atoms with Crippen LogP contribution in [0.3, 0.4) is 0 Å². The van der Waals surface area contributed by atoms with Crippen LogP contribution in [-0.4, -0.2) is 74.9 Å². The molecule has 0 bridgehead atoms. The summed E-state index contributed by atoms with van der Waals surface area (Å²) in [6.45, 7) is 4.24. The number of rotatable bonds is 9. The number of benzene rings is 2. The molecule has 0 unspecified atom stereocenters. The first-order valence-corrected chi connectivity index (χ1v) is 13.4. The smallest absolute Gasteiger partial charge is 0.279 e. The van der Waals surface area contributed by atoms with Gasteiger partial charge in [0.1, 0.15) is 5.02 Å². The molecule has 0 spiro atoms. The molecule has 12 heteroatoms. The van der Waals surface area contributed by atoms with Crippen LogP contribution in [-0.2, 0) is 16.8 Å². The molecule has 1 aliphatic heterocycles. The van der Waals surface area contributed by atoms with Crippen molar-refractivity contribution >= 4 is 50.6 Å². The number of hydrogen-bond acceptors (Lipinski definition) is 8. The second kappa shape index (κ2) is 11.4. The Hall–Kier alpha value is -2.96. The summed E-state index contributed by atoms with van der Waals surface area (Å²) in [4.78, 5) is 13.5. The van der Waals surface area contributed by atoms with E-state index in [4.69, 9.17) is 11.6 Å². The van der Waals surface area contributed by atoms with Crippen molar-refractivity contribution < 1.29 is 8.42 Å². The molecule has 3 aromatic rings. The molecule has 1 aliphatic rings. The van der Waals surface area contributed by atoms with Crippen LogP contribution < -0.4 is 20.3 Å². The summed E-state index contributed by atoms with van der Waals surface area (Å²) in [5.74, 6) is 0.797. The van der Waals surface area contributed by atoms with Crippen molar-refractivity contribution in [3.63, 3.8) is 0 Å². The zero-order valence-electron chi connectivity index (χ0n) is 20.6. The maximum absolute atomic E-state index is 12.1. The third kappa shape index (κ3) is 6.62. The van der Waals surface area contributed by atoms with Crippen molar-refractivity contribution in [2.24, 2.45) is 0 Å². The lowest BCUT2D eigenvalue weighted by atomic mass is 10.2. The number of hydrogen-bond donors (Lipinski definition) is 3. The van der Waals surface area contributed by atoms with Crippen molar-refractivity contribution in [1.82, 2.24) is 23.9 Å². The van der Waals surface area contributed by atoms with E-state index in [1.54, 1.807) is 0 Å². The van der Waals surface area contributed by atoms with Gasteiger partial charge in [-0.1, -0.05) is 29.8 Å². The minimum atomic E-state index is -3.56. The van der Waals surface area contributed by atoms with E-state index in [0.29, 0.717) is 22.5 Å². The lowest BCUT2D eigenvalue weighted by molar-refractivity contribution is 0.313. The van der Waals surface area contributed by atoms with Crippen LogP contribution in [0.1, 0.15) is 5.56 Å². The van der Waals surface area contributed by atoms with Gasteiger partial charge in [-0.3, -0.25) is 0 Å². The van der Waals surface area contributed by atoms with Gasteiger partial charge in [-0.25, -0.2) is 4.98 Å². The van der Waals surface area contributed by atoms with Gasteiger partial charge in [-0.05, 0) is 42.9 Å². The van der Waals surface area contributed by atoms with Crippen LogP contribution in [0.5, 0.6) is 0 Å². The maximum Gasteiger partial charge on any atom is 0.279 e. The van der Waals surface area contributed by atoms with E-state index in [0.717, 1.165) is 41.7 Å². The first kappa shape index (κ1) is 26.1. The molecule has 0 aliphatic carbocycles. The van der Waals surface area contributed by atoms with Crippen LogP contribution in [0, 0.1) is 0 Å². The van der Waals surface area contributed by atoms with Gasteiger partial charge >= 0.3 is 0 Å². The topological polar surface area (TPSA) is 106 Å². The zero-order valence-corrected chi connectivity index (χ0v) is 22.1. The lowest BCUT2D eigenvalue weighted by Crippen LogP contribution is -2.44. The molecule has 0 amide bonds. The van der Waals surface area contributed by atoms with Crippen LogP contribution in [0.2, 0.25) is 5.02 Å². The quantitative estimate of drug-likeness (QED) is 0.387. The van der Waals surface area contributed by atoms with Crippen molar-refractivity contribution in [3.05, 3.63) is 65.3 Å². The van der Waals surface area contributed by atoms with E-state index in [2.05, 4.69) is 54.3 Å². The van der Waals surface area contributed by atoms with Crippen LogP contribution in [0.4, 0.5) is 28.8 Å². The molecule has 2 aromatic carbocycles. The number of aromatic nitrogens is 2. The Morgan fingerprint density at radius 3 is 2.39 bits per heavy atom. The molecule has 1 saturated heterocycles. The van der Waals surface area contributed by atoms with Gasteiger partial charge in [0.25, 0.3) is 10.2 Å². The van der Waals surface area contributed by atoms with Crippen molar-refractivity contribution in [2.45, 2.75) is 6.54 Å². The Morgan fingerprint density at radius 1 is 1.00 bits per heavy atom. The van der Waals surface area contributed by atoms with Crippen molar-refractivity contribution in [1.29, 1.82) is 0 Å². The monoisotopic (exact) mass is 530 g/mol. The Kier molecular flexibility index (Phi) is 8.27. The number of piperazine rings is 1. The summed E-state index contributed by atoms with van der Waals surface area (Å²) in [6.07, 6.45) is 1.52. The summed E-state index contributed by atoms with van der Waals surface area (Å²) >= 11 is 6.37. The highest BCUT2D eigenvalue weighted by molar-refractivity contribution is 7.87. The van der Waals surface area contributed by atoms with Crippen molar-refractivity contribution in [3.8, 4) is 0 Å². The molecule has 0 saturated carbocycles. The Labute approximate surface area is 217 Å². The van der Waals surface area contributed by atoms with Crippen LogP contribution in [0.25, 0.3) is 0 Å². The number of nitrogens with zero attached hydrogens (tertiary/aromatic N) is 5. The van der Waals surface area contributed by atoms with Gasteiger partial charge in [-0.15, -0.1) is 0 Å². The molecular weight excluding hydrogens is 500 g/mol. The summed E-state index contributed by atoms with van der Waals surface area (Å²) in [5.41, 5.74) is 3.47. The van der Waals surface area contributed by atoms with Gasteiger partial charge < -0.3 is 20.4 Å². The van der Waals surface area contributed by atoms with Crippen LogP contribution >= 0.6 is 11.6 Å². The highest BCUT2D eigenvalue weighted by atomic mass is 35.5. The summed E-state index contributed by atoms with van der Waals surface area (Å²) < 4.78 is 27.9. The molecule has 192 valence electrons. The standard InChI is InChI=1S/C24H31ClN8O2S/c1-31(2)36(34,35)27-16-18-6-4-5-7-22(18)29-23-21(25)17-26-24(30-23)28-19-8-10-20(11-9-19)33-14-12-32(3)13-15-33/h4-11,17,27H,12-16H2,1-3H3,(H2,26,28,29,30). The van der Waals surface area contributed by atoms with E-state index in [1.165, 1.54) is 26.0 Å². The summed E-state index contributed by atoms with van der Waals surface area (Å²) in [5, 5.41) is 6.77. The summed E-state index contributed by atoms with van der Waals surface area (Å²) in [6, 6.07) is 15.5. The fraction of sp³-hybridized carbons (Fsp3) is 0.333. The van der Waals surface area contributed by atoms with E-state index in [1.807, 2.05) is 36.4 Å². The Morgan fingerprint density at radius 2 is 1.69 bits per heavy atom. The van der Waals surface area contributed by atoms with E-state index >= 15 is 0 Å². The molecule has 36 heavy (non-hydrogen) atoms. The minimum absolute atomic E-state index is 0.108. The van der Waals surface area contributed by atoms with Crippen molar-refractivity contribution in [2.75, 3.05) is 62.9 Å². The average Bonchev–Trinajstić information content (AvgIpc) is 2.86. The predicted octanol–water partition coefficient (Wildman–Crippen LogP) is 3.27. The molecular formula is C24H31ClN8O2S. The molecule has 10 nitrogen and oxygen atoms in total. The van der Waals surface area contributed by atoms with Gasteiger partial charge in [0, 0.05) is 63.9 Å². The first-order valence-electron chi connectivity index (χ1n) is 11.6. The third-order valence-corrected chi connectivity index (χ3v) is 7.68. The fourth-order valence-electron chi connectivity index (χ4n) is 3.69. The molecule has 4 rings (SSSR count). The molecule has 1 aromatic heterocycles. The van der Waals surface area contributed by atoms with Gasteiger partial charge in [0.15, 0.2) is 5.82 Å². The SMILES string of the molecule is CN1CCN(c2ccc(Nc3ncc(Cl)c(Nc4ccccc4CNS(=O)(=O)N(C)C)n3)cc2)CC1. The number of likely N-dealkylation sites (N-methyl/N-ethyl adjacent to an activating group) is 1. The molecule has 1 fully saturated rings. The Balaban J connectivity index is 1.45. The predicted molar refractivity (Wildman–Crippen MR) is 146 cm³/mol. The third-order valence-electron chi connectivity index (χ3n) is 5.93. The second-order valence-electron chi connectivity index (χ2n) is 8.74. The second-order valence-corrected chi connectivity index (χ2v) is 11.1. The highest BCUT2D eigenvalue weighted by Crippen LogP contribution is 2.27. The zero-order chi connectivity index (χ0) is 25.7. The highest BCUT2D eigenvalue weighted by Gasteiger charge is 2.16. The largest absolute Gasteiger partial charge is 0.369 e. The normalized spacial score (nSPS) is 14.8. The number of para-hydroxylation sites is 1. The first-order chi connectivity index (χ1) is 17.2. The van der Waals surface area contributed by atoms with Crippen LogP contribution in [0.15, 0.2) is 54.7 Å². The number of halogens is 1. The van der Waals surface area contributed by atoms with Gasteiger partial charge in [0.2, 0.25) is 5.95 Å². The van der Waals surface area contributed by atoms with E-state index in [9.17, 15) is 8.42 Å². The maximum atomic E-state index is 12.1. The lowest BCUT2D eigenvalue weighted by Gasteiger charge is -2.34. The van der Waals surface area contributed by atoms with Gasteiger partial charge in [-0.2, -0.15) is 22.4 Å². The van der Waals surface area contributed by atoms with E-state index < -0.39 is 10.2 Å². The number of anilines is 5. The fourth-order valence-corrected chi connectivity index (χ4v) is 4.42. The average molecular weight is 531 g/mol. The Bertz CT molecular complexity index is 1280. The van der Waals surface area contributed by atoms with Gasteiger partial charge in [0.05, 0.1) is 6.20 Å². The molecule has 2 heterocycles. The minimum Gasteiger partial charge on any atom is -0.369 e. The molecule has 0 atom stereocenters. The van der Waals surface area contributed by atoms with E-state index in [-0.39, 0.29) is 6.54 Å². The molecule has 3 N–H and O–H groups in total. The summed E-state index contributed by atoms with van der Waals surface area (Å²) in [7, 11) is 1.53. The molecule has 0 radical (unpaired) electrons.